The zero-order valence-electron chi connectivity index (χ0n) is 35.9. The van der Waals surface area contributed by atoms with Crippen LogP contribution in [0.1, 0.15) is 63.8 Å². The van der Waals surface area contributed by atoms with E-state index in [9.17, 15) is 10.5 Å². The maximum Gasteiger partial charge on any atom is 0.453 e. The minimum Gasteiger partial charge on any atom is -0.497 e. The van der Waals surface area contributed by atoms with Crippen LogP contribution in [0.4, 0.5) is 0 Å². The van der Waals surface area contributed by atoms with Crippen LogP contribution >= 0.6 is 16.5 Å². The Kier molecular flexibility index (Phi) is 11.5. The van der Waals surface area contributed by atoms with Crippen molar-refractivity contribution in [3.8, 4) is 46.3 Å². The third-order valence-corrected chi connectivity index (χ3v) is 12.6. The van der Waals surface area contributed by atoms with E-state index in [4.69, 9.17) is 35.3 Å². The number of nitrogens with zero attached hydrogens (tertiary/aromatic N) is 2. The molecular weight excluding hydrogens is 819 g/mol. The van der Waals surface area contributed by atoms with Crippen molar-refractivity contribution >= 4 is 60.4 Å². The molecule has 0 aliphatic carbocycles. The normalized spacial score (nSPS) is 12.2. The maximum absolute atomic E-state index is 9.74. The van der Waals surface area contributed by atoms with E-state index in [1.807, 2.05) is 109 Å². The molecule has 12 heteroatoms. The molecule has 62 heavy (non-hydrogen) atoms. The first kappa shape index (κ1) is 42.0. The molecular formula is C50H46N2O8P2. The number of nitriles is 2. The summed E-state index contributed by atoms with van der Waals surface area (Å²) in [6.07, 6.45) is 0.388. The summed E-state index contributed by atoms with van der Waals surface area (Å²) in [7, 11) is -1.04. The molecule has 0 amide bonds. The highest BCUT2D eigenvalue weighted by Gasteiger charge is 2.31. The quantitative estimate of drug-likeness (QED) is 0.138. The Morgan fingerprint density at radius 2 is 0.871 bits per heavy atom. The highest BCUT2D eigenvalue weighted by atomic mass is 31.1. The molecule has 2 heterocycles. The first-order chi connectivity index (χ1) is 29.8. The highest BCUT2D eigenvalue weighted by Crippen LogP contribution is 2.53. The predicted octanol–water partition coefficient (Wildman–Crippen LogP) is 15.0. The van der Waals surface area contributed by atoms with E-state index in [0.29, 0.717) is 56.5 Å². The summed E-state index contributed by atoms with van der Waals surface area (Å²) in [5.74, 6) is 2.17. The smallest absolute Gasteiger partial charge is 0.453 e. The van der Waals surface area contributed by atoms with Crippen LogP contribution in [0.15, 0.2) is 126 Å². The van der Waals surface area contributed by atoms with Crippen LogP contribution in [0.2, 0.25) is 0 Å². The molecule has 0 N–H and O–H groups in total. The second kappa shape index (κ2) is 17.0. The van der Waals surface area contributed by atoms with Gasteiger partial charge in [-0.15, -0.1) is 0 Å². The minimum atomic E-state index is -2.15. The van der Waals surface area contributed by atoms with Crippen LogP contribution in [0.3, 0.4) is 0 Å². The van der Waals surface area contributed by atoms with Crippen LogP contribution < -0.4 is 18.5 Å². The molecule has 2 atom stereocenters. The summed E-state index contributed by atoms with van der Waals surface area (Å²) in [6, 6.07) is 39.1. The third kappa shape index (κ3) is 8.20. The monoisotopic (exact) mass is 864 g/mol. The Labute approximate surface area is 362 Å². The topological polar surface area (TPSA) is 137 Å². The van der Waals surface area contributed by atoms with Crippen LogP contribution in [0, 0.1) is 22.7 Å². The summed E-state index contributed by atoms with van der Waals surface area (Å²) in [6.45, 7) is 12.6. The van der Waals surface area contributed by atoms with Gasteiger partial charge >= 0.3 is 16.5 Å². The number of fused-ring (bicyclic) bond motifs is 6. The van der Waals surface area contributed by atoms with Crippen LogP contribution in [-0.4, -0.2) is 14.2 Å². The number of methoxy groups -OCH3 is 2. The Morgan fingerprint density at radius 1 is 0.500 bits per heavy atom. The molecule has 0 radical (unpaired) electrons. The lowest BCUT2D eigenvalue weighted by atomic mass is 9.81. The molecule has 8 rings (SSSR count). The summed E-state index contributed by atoms with van der Waals surface area (Å²) in [4.78, 5) is 0. The van der Waals surface area contributed by atoms with Gasteiger partial charge in [-0.05, 0) is 70.5 Å². The van der Waals surface area contributed by atoms with E-state index in [1.165, 1.54) is 0 Å². The number of rotatable bonds is 9. The van der Waals surface area contributed by atoms with Gasteiger partial charge in [0.25, 0.3) is 0 Å². The van der Waals surface area contributed by atoms with Crippen LogP contribution in [0.5, 0.6) is 23.0 Å². The Balaban J connectivity index is 1.44. The van der Waals surface area contributed by atoms with Crippen molar-refractivity contribution in [3.05, 3.63) is 131 Å². The van der Waals surface area contributed by atoms with Gasteiger partial charge in [0.05, 0.1) is 39.2 Å². The van der Waals surface area contributed by atoms with Gasteiger partial charge in [-0.2, -0.15) is 10.5 Å². The van der Waals surface area contributed by atoms with E-state index in [0.717, 1.165) is 43.8 Å². The third-order valence-electron chi connectivity index (χ3n) is 10.6. The van der Waals surface area contributed by atoms with Gasteiger partial charge in [-0.25, -0.2) is 0 Å². The van der Waals surface area contributed by atoms with E-state index in [-0.39, 0.29) is 12.8 Å². The molecule has 2 aromatic heterocycles. The molecule has 0 spiro atoms. The largest absolute Gasteiger partial charge is 0.497 e. The van der Waals surface area contributed by atoms with Crippen molar-refractivity contribution in [1.82, 2.24) is 0 Å². The van der Waals surface area contributed by atoms with Crippen molar-refractivity contribution in [2.75, 3.05) is 14.2 Å². The Hall–Kier alpha value is -6.70. The lowest BCUT2D eigenvalue weighted by molar-refractivity contribution is 0.409. The van der Waals surface area contributed by atoms with Crippen LogP contribution in [-0.2, 0) is 23.7 Å². The summed E-state index contributed by atoms with van der Waals surface area (Å²) >= 11 is 0. The van der Waals surface area contributed by atoms with Gasteiger partial charge in [-0.1, -0.05) is 102 Å². The molecule has 0 aliphatic rings. The number of ether oxygens (including phenoxy) is 2. The molecule has 0 saturated heterocycles. The van der Waals surface area contributed by atoms with Gasteiger partial charge in [0.1, 0.15) is 45.3 Å². The number of hydrogen-bond acceptors (Lipinski definition) is 10. The van der Waals surface area contributed by atoms with E-state index < -0.39 is 27.3 Å². The minimum absolute atomic E-state index is 0.194. The zero-order valence-corrected chi connectivity index (χ0v) is 37.7. The lowest BCUT2D eigenvalue weighted by Gasteiger charge is -2.28. The summed E-state index contributed by atoms with van der Waals surface area (Å²) in [5.41, 5.74) is 5.82. The lowest BCUT2D eigenvalue weighted by Crippen LogP contribution is -2.15. The van der Waals surface area contributed by atoms with Gasteiger partial charge in [0.2, 0.25) is 0 Å². The average molecular weight is 865 g/mol. The van der Waals surface area contributed by atoms with E-state index in [1.54, 1.807) is 14.2 Å². The number of para-hydroxylation sites is 2. The molecule has 8 aromatic rings. The van der Waals surface area contributed by atoms with Crippen molar-refractivity contribution in [1.29, 1.82) is 10.5 Å². The van der Waals surface area contributed by atoms with Crippen molar-refractivity contribution < 1.29 is 35.3 Å². The SMILES string of the molecule is COc1cc(-c2cc(OC)cc(C(C)(C)C)c2Op2oc3ccccc3c3c(CC#N)cccc3o2)c(Op2oc3ccccc3c3c(CC#N)cccc3o2)c(C(C)(C)C)c1. The maximum atomic E-state index is 9.74. The predicted molar refractivity (Wildman–Crippen MR) is 246 cm³/mol. The van der Waals surface area contributed by atoms with E-state index in [2.05, 4.69) is 53.7 Å². The molecule has 0 bridgehead atoms. The Bertz CT molecular complexity index is 2970. The van der Waals surface area contributed by atoms with Gasteiger partial charge in [-0.3, -0.25) is 0 Å². The fourth-order valence-corrected chi connectivity index (χ4v) is 9.80. The molecule has 2 unspecified atom stereocenters. The van der Waals surface area contributed by atoms with Crippen molar-refractivity contribution in [3.63, 3.8) is 0 Å². The average Bonchev–Trinajstić information content (AvgIpc) is 3.51. The second-order valence-corrected chi connectivity index (χ2v) is 18.8. The fraction of sp³-hybridized carbons (Fsp3) is 0.240. The highest BCUT2D eigenvalue weighted by molar-refractivity contribution is 7.32. The van der Waals surface area contributed by atoms with E-state index >= 15 is 0 Å². The van der Waals surface area contributed by atoms with Crippen molar-refractivity contribution in [2.24, 2.45) is 0 Å². The van der Waals surface area contributed by atoms with Crippen molar-refractivity contribution in [2.45, 2.75) is 65.2 Å². The molecule has 314 valence electrons. The molecule has 10 nitrogen and oxygen atoms in total. The molecule has 0 aliphatic heterocycles. The zero-order chi connectivity index (χ0) is 43.8. The fourth-order valence-electron chi connectivity index (χ4n) is 7.62. The molecule has 0 fully saturated rings. The molecule has 0 saturated carbocycles. The van der Waals surface area contributed by atoms with Gasteiger partial charge < -0.3 is 35.3 Å². The van der Waals surface area contributed by atoms with Gasteiger partial charge in [0, 0.05) is 43.8 Å². The first-order valence-electron chi connectivity index (χ1n) is 20.1. The van der Waals surface area contributed by atoms with Crippen LogP contribution in [0.25, 0.3) is 55.0 Å². The Morgan fingerprint density at radius 3 is 1.24 bits per heavy atom. The number of hydrogen-bond donors (Lipinski definition) is 0. The number of benzene rings is 6. The summed E-state index contributed by atoms with van der Waals surface area (Å²) in [5, 5.41) is 22.7. The first-order valence-corrected chi connectivity index (χ1v) is 22.3. The second-order valence-electron chi connectivity index (χ2n) is 16.8. The molecule has 6 aromatic carbocycles. The summed E-state index contributed by atoms with van der Waals surface area (Å²) < 4.78 is 52.9. The van der Waals surface area contributed by atoms with Gasteiger partial charge in [0.15, 0.2) is 0 Å². The standard InChI is InChI=1S/C50H46N2O8P2/c1-49(2,3)39-29-33(53-7)27-37(47(39)59-61-55-41-19-11-9-17-35(41)45-31(23-25-51)15-13-21-43(45)57-61)38-28-34(54-8)30-40(50(4,5)6)48(38)60-62-56-42-20-12-10-18-36(42)46-32(24-26-52)16-14-22-44(46)58-62/h9-22,27-30H,23-24H2,1-8H3.